The van der Waals surface area contributed by atoms with E-state index in [-0.39, 0.29) is 0 Å². The SMILES string of the molecule is CC1=CCC(=S)[C]=C1. The molecule has 1 aliphatic rings. The van der Waals surface area contributed by atoms with Crippen molar-refractivity contribution in [1.29, 1.82) is 0 Å². The predicted octanol–water partition coefficient (Wildman–Crippen LogP) is 2.07. The fraction of sp³-hybridized carbons (Fsp3) is 0.286. The molecule has 0 nitrogen and oxygen atoms in total. The zero-order valence-corrected chi connectivity index (χ0v) is 5.59. The van der Waals surface area contributed by atoms with Crippen molar-refractivity contribution in [2.75, 3.05) is 0 Å². The molecule has 0 atom stereocenters. The Hall–Kier alpha value is -0.430. The van der Waals surface area contributed by atoms with Crippen LogP contribution in [-0.2, 0) is 0 Å². The molecule has 0 N–H and O–H groups in total. The van der Waals surface area contributed by atoms with E-state index in [9.17, 15) is 0 Å². The van der Waals surface area contributed by atoms with E-state index in [0.717, 1.165) is 11.3 Å². The molecule has 0 aromatic heterocycles. The predicted molar refractivity (Wildman–Crippen MR) is 38.8 cm³/mol. The van der Waals surface area contributed by atoms with Crippen LogP contribution >= 0.6 is 12.2 Å². The van der Waals surface area contributed by atoms with Crippen LogP contribution in [0, 0.1) is 6.08 Å². The van der Waals surface area contributed by atoms with E-state index >= 15 is 0 Å². The summed E-state index contributed by atoms with van der Waals surface area (Å²) in [5, 5.41) is 0. The van der Waals surface area contributed by atoms with Crippen molar-refractivity contribution in [2.24, 2.45) is 0 Å². The molecule has 0 aliphatic heterocycles. The molecule has 0 aromatic rings. The van der Waals surface area contributed by atoms with Crippen molar-refractivity contribution in [1.82, 2.24) is 0 Å². The molecule has 1 radical (unpaired) electrons. The molecule has 0 aromatic carbocycles. The lowest BCUT2D eigenvalue weighted by atomic mass is 10.1. The standard InChI is InChI=1S/C7H7S/c1-6-2-4-7(8)5-3-6/h2-3H,4H2,1H3. The summed E-state index contributed by atoms with van der Waals surface area (Å²) < 4.78 is 0. The average molecular weight is 123 g/mol. The molecule has 0 unspecified atom stereocenters. The van der Waals surface area contributed by atoms with Gasteiger partial charge in [-0.15, -0.1) is 0 Å². The summed E-state index contributed by atoms with van der Waals surface area (Å²) in [4.78, 5) is 0.913. The van der Waals surface area contributed by atoms with E-state index in [0.29, 0.717) is 0 Å². The minimum absolute atomic E-state index is 0.900. The lowest BCUT2D eigenvalue weighted by Crippen LogP contribution is -1.91. The van der Waals surface area contributed by atoms with E-state index in [1.807, 2.05) is 6.08 Å². The number of thiocarbonyl (C=S) groups is 1. The van der Waals surface area contributed by atoms with Gasteiger partial charge in [0.15, 0.2) is 0 Å². The second kappa shape index (κ2) is 2.23. The molecule has 0 fully saturated rings. The minimum Gasteiger partial charge on any atom is -0.0839 e. The summed E-state index contributed by atoms with van der Waals surface area (Å²) in [5.41, 5.74) is 1.26. The summed E-state index contributed by atoms with van der Waals surface area (Å²) in [6, 6.07) is 0. The van der Waals surface area contributed by atoms with Crippen LogP contribution in [0.4, 0.5) is 0 Å². The molecule has 1 rings (SSSR count). The maximum Gasteiger partial charge on any atom is 0.0268 e. The minimum atomic E-state index is 0.900. The Morgan fingerprint density at radius 1 is 1.75 bits per heavy atom. The fourth-order valence-electron chi connectivity index (χ4n) is 0.566. The fourth-order valence-corrected chi connectivity index (χ4v) is 0.708. The number of rotatable bonds is 0. The Morgan fingerprint density at radius 3 is 2.88 bits per heavy atom. The van der Waals surface area contributed by atoms with Gasteiger partial charge in [0.05, 0.1) is 0 Å². The van der Waals surface area contributed by atoms with Crippen LogP contribution in [0.5, 0.6) is 0 Å². The van der Waals surface area contributed by atoms with E-state index in [1.54, 1.807) is 0 Å². The van der Waals surface area contributed by atoms with E-state index in [4.69, 9.17) is 12.2 Å². The van der Waals surface area contributed by atoms with E-state index in [2.05, 4.69) is 19.1 Å². The molecule has 0 amide bonds. The Labute approximate surface area is 54.9 Å². The Balaban J connectivity index is 2.71. The molecule has 1 heteroatoms. The van der Waals surface area contributed by atoms with Crippen molar-refractivity contribution in [3.8, 4) is 0 Å². The summed E-state index contributed by atoms with van der Waals surface area (Å²) in [6.07, 6.45) is 7.90. The Kier molecular flexibility index (Phi) is 1.59. The van der Waals surface area contributed by atoms with Gasteiger partial charge in [0.1, 0.15) is 0 Å². The van der Waals surface area contributed by atoms with Crippen molar-refractivity contribution >= 4 is 17.1 Å². The third-order valence-corrected chi connectivity index (χ3v) is 1.35. The molecule has 41 valence electrons. The maximum atomic E-state index is 4.87. The molecule has 0 spiro atoms. The number of hydrogen-bond donors (Lipinski definition) is 0. The first-order valence-electron chi connectivity index (χ1n) is 2.58. The van der Waals surface area contributed by atoms with Gasteiger partial charge in [-0.2, -0.15) is 0 Å². The van der Waals surface area contributed by atoms with Crippen molar-refractivity contribution in [3.63, 3.8) is 0 Å². The number of hydrogen-bond acceptors (Lipinski definition) is 1. The van der Waals surface area contributed by atoms with Gasteiger partial charge in [-0.3, -0.25) is 0 Å². The molecule has 8 heavy (non-hydrogen) atoms. The van der Waals surface area contributed by atoms with E-state index in [1.165, 1.54) is 5.57 Å². The first kappa shape index (κ1) is 5.70. The first-order chi connectivity index (χ1) is 3.79. The van der Waals surface area contributed by atoms with Crippen molar-refractivity contribution < 1.29 is 0 Å². The highest BCUT2D eigenvalue weighted by Gasteiger charge is 1.94. The molecule has 0 saturated heterocycles. The summed E-state index contributed by atoms with van der Waals surface area (Å²) in [7, 11) is 0. The van der Waals surface area contributed by atoms with Gasteiger partial charge in [0.2, 0.25) is 0 Å². The molecule has 1 aliphatic carbocycles. The Bertz CT molecular complexity index is 160. The summed E-state index contributed by atoms with van der Waals surface area (Å²) in [5.74, 6) is 0. The zero-order chi connectivity index (χ0) is 5.98. The van der Waals surface area contributed by atoms with Gasteiger partial charge in [0, 0.05) is 11.3 Å². The van der Waals surface area contributed by atoms with Crippen LogP contribution < -0.4 is 0 Å². The lowest BCUT2D eigenvalue weighted by Gasteiger charge is -1.98. The first-order valence-corrected chi connectivity index (χ1v) is 2.99. The zero-order valence-electron chi connectivity index (χ0n) is 4.77. The molecule has 0 heterocycles. The van der Waals surface area contributed by atoms with Gasteiger partial charge < -0.3 is 0 Å². The van der Waals surface area contributed by atoms with E-state index < -0.39 is 0 Å². The topological polar surface area (TPSA) is 0 Å². The lowest BCUT2D eigenvalue weighted by molar-refractivity contribution is 1.37. The highest BCUT2D eigenvalue weighted by atomic mass is 32.1. The third kappa shape index (κ3) is 1.27. The smallest absolute Gasteiger partial charge is 0.0268 e. The third-order valence-electron chi connectivity index (χ3n) is 1.07. The molecule has 0 bridgehead atoms. The van der Waals surface area contributed by atoms with Crippen molar-refractivity contribution in [2.45, 2.75) is 13.3 Å². The molecular formula is C7H7S. The van der Waals surface area contributed by atoms with Gasteiger partial charge in [-0.05, 0) is 13.0 Å². The van der Waals surface area contributed by atoms with Crippen LogP contribution in [-0.4, -0.2) is 4.86 Å². The molecular weight excluding hydrogens is 116 g/mol. The Morgan fingerprint density at radius 2 is 2.50 bits per heavy atom. The normalized spacial score (nSPS) is 18.6. The second-order valence-corrected chi connectivity index (χ2v) is 2.36. The highest BCUT2D eigenvalue weighted by Crippen LogP contribution is 2.05. The van der Waals surface area contributed by atoms with Crippen LogP contribution in [0.2, 0.25) is 0 Å². The van der Waals surface area contributed by atoms with Crippen LogP contribution in [0.15, 0.2) is 17.7 Å². The van der Waals surface area contributed by atoms with Gasteiger partial charge in [-0.1, -0.05) is 29.9 Å². The molecule has 0 saturated carbocycles. The van der Waals surface area contributed by atoms with Gasteiger partial charge >= 0.3 is 0 Å². The monoisotopic (exact) mass is 123 g/mol. The maximum absolute atomic E-state index is 4.87. The average Bonchev–Trinajstić information content (AvgIpc) is 1.77. The second-order valence-electron chi connectivity index (χ2n) is 1.86. The highest BCUT2D eigenvalue weighted by molar-refractivity contribution is 7.80. The number of allylic oxidation sites excluding steroid dienone is 4. The quantitative estimate of drug-likeness (QED) is 0.444. The van der Waals surface area contributed by atoms with Crippen LogP contribution in [0.25, 0.3) is 0 Å². The van der Waals surface area contributed by atoms with Gasteiger partial charge in [0.25, 0.3) is 0 Å². The largest absolute Gasteiger partial charge is 0.0839 e. The summed E-state index contributed by atoms with van der Waals surface area (Å²) >= 11 is 4.87. The van der Waals surface area contributed by atoms with Crippen LogP contribution in [0.1, 0.15) is 13.3 Å². The van der Waals surface area contributed by atoms with Crippen LogP contribution in [0.3, 0.4) is 0 Å². The summed E-state index contributed by atoms with van der Waals surface area (Å²) in [6.45, 7) is 2.05. The van der Waals surface area contributed by atoms with Gasteiger partial charge in [-0.25, -0.2) is 0 Å². The van der Waals surface area contributed by atoms with Crippen molar-refractivity contribution in [3.05, 3.63) is 23.8 Å².